The van der Waals surface area contributed by atoms with Gasteiger partial charge in [-0.3, -0.25) is 4.79 Å². The molecule has 0 bridgehead atoms. The number of carbonyl (C=O) groups excluding carboxylic acids is 2. The molecule has 10 heteroatoms. The van der Waals surface area contributed by atoms with Crippen LogP contribution in [0, 0.1) is 0 Å². The van der Waals surface area contributed by atoms with Crippen molar-refractivity contribution >= 4 is 23.4 Å². The van der Waals surface area contributed by atoms with Gasteiger partial charge in [-0.15, -0.1) is 0 Å². The maximum atomic E-state index is 12.1. The van der Waals surface area contributed by atoms with E-state index >= 15 is 0 Å². The Morgan fingerprint density at radius 3 is 2.52 bits per heavy atom. The Labute approximate surface area is 145 Å². The fourth-order valence-electron chi connectivity index (χ4n) is 1.81. The van der Waals surface area contributed by atoms with Gasteiger partial charge in [0, 0.05) is 17.7 Å². The van der Waals surface area contributed by atoms with E-state index in [9.17, 15) is 22.8 Å². The third-order valence-corrected chi connectivity index (χ3v) is 3.67. The van der Waals surface area contributed by atoms with Gasteiger partial charge in [-0.1, -0.05) is 12.1 Å². The summed E-state index contributed by atoms with van der Waals surface area (Å²) >= 11 is 0.895. The van der Waals surface area contributed by atoms with E-state index < -0.39 is 31.0 Å². The van der Waals surface area contributed by atoms with Gasteiger partial charge < -0.3 is 10.1 Å². The number of aromatic nitrogens is 2. The molecule has 0 radical (unpaired) electrons. The van der Waals surface area contributed by atoms with E-state index in [1.54, 1.807) is 19.1 Å². The monoisotopic (exact) mass is 373 g/mol. The molecule has 0 fully saturated rings. The van der Waals surface area contributed by atoms with Gasteiger partial charge in [0.1, 0.15) is 0 Å². The summed E-state index contributed by atoms with van der Waals surface area (Å²) in [6, 6.07) is 6.00. The minimum absolute atomic E-state index is 0.117. The number of halogens is 3. The molecule has 1 aromatic carbocycles. The third kappa shape index (κ3) is 5.52. The number of carbonyl (C=O) groups is 2. The van der Waals surface area contributed by atoms with Crippen molar-refractivity contribution < 1.29 is 27.5 Å². The molecule has 2 rings (SSSR count). The molecule has 6 nitrogen and oxygen atoms in total. The first kappa shape index (κ1) is 18.8. The zero-order valence-corrected chi connectivity index (χ0v) is 13.9. The van der Waals surface area contributed by atoms with Gasteiger partial charge >= 0.3 is 12.1 Å². The molecule has 0 saturated heterocycles. The lowest BCUT2D eigenvalue weighted by molar-refractivity contribution is -0.133. The maximum absolute atomic E-state index is 12.1. The average molecular weight is 373 g/mol. The lowest BCUT2D eigenvalue weighted by Gasteiger charge is -2.08. The van der Waals surface area contributed by atoms with Crippen molar-refractivity contribution in [3.63, 3.8) is 0 Å². The first-order chi connectivity index (χ1) is 11.8. The zero-order chi connectivity index (χ0) is 18.4. The number of hydrogen-bond acceptors (Lipinski definition) is 6. The number of alkyl halides is 3. The van der Waals surface area contributed by atoms with Crippen molar-refractivity contribution in [3.8, 4) is 11.4 Å². The van der Waals surface area contributed by atoms with Crippen LogP contribution in [-0.2, 0) is 4.74 Å². The molecule has 0 spiro atoms. The molecule has 2 aromatic rings. The molecule has 1 aromatic heterocycles. The van der Waals surface area contributed by atoms with Gasteiger partial charge in [0.2, 0.25) is 5.01 Å². The predicted octanol–water partition coefficient (Wildman–Crippen LogP) is 3.06. The third-order valence-electron chi connectivity index (χ3n) is 2.98. The molecule has 25 heavy (non-hydrogen) atoms. The van der Waals surface area contributed by atoms with E-state index in [-0.39, 0.29) is 17.2 Å². The molecule has 1 amide bonds. The van der Waals surface area contributed by atoms with Crippen molar-refractivity contribution in [1.29, 1.82) is 0 Å². The number of ether oxygens (including phenoxy) is 1. The molecule has 134 valence electrons. The second kappa shape index (κ2) is 8.06. The van der Waals surface area contributed by atoms with Gasteiger partial charge in [0.25, 0.3) is 5.91 Å². The van der Waals surface area contributed by atoms with E-state index in [1.165, 1.54) is 12.1 Å². The van der Waals surface area contributed by atoms with Crippen LogP contribution in [0.2, 0.25) is 0 Å². The lowest BCUT2D eigenvalue weighted by Crippen LogP contribution is -2.27. The Balaban J connectivity index is 2.00. The number of amides is 1. The van der Waals surface area contributed by atoms with E-state index in [0.717, 1.165) is 11.5 Å². The summed E-state index contributed by atoms with van der Waals surface area (Å²) in [5, 5.41) is 2.31. The highest BCUT2D eigenvalue weighted by molar-refractivity contribution is 7.07. The fraction of sp³-hybridized carbons (Fsp3) is 0.333. The average Bonchev–Trinajstić information content (AvgIpc) is 3.04. The molecule has 0 aliphatic rings. The second-order valence-corrected chi connectivity index (χ2v) is 5.59. The number of hydrogen-bond donors (Lipinski definition) is 1. The molecule has 1 N–H and O–H groups in total. The Morgan fingerprint density at radius 1 is 1.24 bits per heavy atom. The molecular weight excluding hydrogens is 359 g/mol. The van der Waals surface area contributed by atoms with Crippen LogP contribution >= 0.6 is 11.5 Å². The van der Waals surface area contributed by atoms with E-state index in [4.69, 9.17) is 4.74 Å². The summed E-state index contributed by atoms with van der Waals surface area (Å²) < 4.78 is 45.0. The Bertz CT molecular complexity index is 744. The van der Waals surface area contributed by atoms with Crippen molar-refractivity contribution in [3.05, 3.63) is 34.8 Å². The van der Waals surface area contributed by atoms with Crippen LogP contribution in [0.3, 0.4) is 0 Å². The Hall–Kier alpha value is -2.49. The van der Waals surface area contributed by atoms with E-state index in [0.29, 0.717) is 11.4 Å². The number of esters is 1. The summed E-state index contributed by atoms with van der Waals surface area (Å²) in [6.07, 6.45) is -5.40. The van der Waals surface area contributed by atoms with Crippen LogP contribution in [-0.4, -0.2) is 40.6 Å². The fourth-order valence-corrected chi connectivity index (χ4v) is 2.39. The van der Waals surface area contributed by atoms with Crippen LogP contribution < -0.4 is 5.32 Å². The smallest absolute Gasteiger partial charge is 0.390 e. The van der Waals surface area contributed by atoms with Crippen molar-refractivity contribution in [1.82, 2.24) is 14.7 Å². The molecule has 0 aliphatic heterocycles. The van der Waals surface area contributed by atoms with Crippen LogP contribution in [0.25, 0.3) is 11.4 Å². The normalized spacial score (nSPS) is 11.2. The molecule has 1 heterocycles. The highest BCUT2D eigenvalue weighted by Gasteiger charge is 2.26. The van der Waals surface area contributed by atoms with Crippen LogP contribution in [0.5, 0.6) is 0 Å². The zero-order valence-electron chi connectivity index (χ0n) is 13.1. The van der Waals surface area contributed by atoms with E-state index in [1.807, 2.05) is 0 Å². The predicted molar refractivity (Wildman–Crippen MR) is 84.3 cm³/mol. The standard InChI is InChI=1S/C15H14F3N3O3S/c1-2-24-14(23)13-20-11(21-25-13)9-3-5-10(6-4-9)12(22)19-8-7-15(16,17)18/h3-6H,2,7-8H2,1H3,(H,19,22). The summed E-state index contributed by atoms with van der Waals surface area (Å²) in [5.74, 6) is -0.863. The van der Waals surface area contributed by atoms with Gasteiger partial charge in [-0.05, 0) is 30.6 Å². The van der Waals surface area contributed by atoms with Crippen LogP contribution in [0.1, 0.15) is 33.5 Å². The highest BCUT2D eigenvalue weighted by atomic mass is 32.1. The minimum Gasteiger partial charge on any atom is -0.461 e. The minimum atomic E-state index is -4.32. The number of benzene rings is 1. The second-order valence-electron chi connectivity index (χ2n) is 4.84. The summed E-state index contributed by atoms with van der Waals surface area (Å²) in [5.41, 5.74) is 0.783. The quantitative estimate of drug-likeness (QED) is 0.787. The van der Waals surface area contributed by atoms with Crippen molar-refractivity contribution in [2.24, 2.45) is 0 Å². The molecule has 0 aliphatic carbocycles. The van der Waals surface area contributed by atoms with Gasteiger partial charge in [-0.2, -0.15) is 17.5 Å². The summed E-state index contributed by atoms with van der Waals surface area (Å²) in [6.45, 7) is 1.42. The van der Waals surface area contributed by atoms with Crippen LogP contribution in [0.15, 0.2) is 24.3 Å². The first-order valence-corrected chi connectivity index (χ1v) is 8.03. The summed E-state index contributed by atoms with van der Waals surface area (Å²) in [7, 11) is 0. The number of rotatable bonds is 6. The summed E-state index contributed by atoms with van der Waals surface area (Å²) in [4.78, 5) is 27.4. The van der Waals surface area contributed by atoms with Gasteiger partial charge in [0.05, 0.1) is 13.0 Å². The molecule has 0 unspecified atom stereocenters. The van der Waals surface area contributed by atoms with E-state index in [2.05, 4.69) is 14.7 Å². The Kier molecular flexibility index (Phi) is 6.07. The molecular formula is C15H14F3N3O3S. The lowest BCUT2D eigenvalue weighted by atomic mass is 10.1. The number of nitrogens with one attached hydrogen (secondary N) is 1. The van der Waals surface area contributed by atoms with Crippen molar-refractivity contribution in [2.75, 3.05) is 13.2 Å². The topological polar surface area (TPSA) is 81.2 Å². The van der Waals surface area contributed by atoms with Gasteiger partial charge in [0.15, 0.2) is 5.82 Å². The molecule has 0 saturated carbocycles. The first-order valence-electron chi connectivity index (χ1n) is 7.26. The van der Waals surface area contributed by atoms with Gasteiger partial charge in [-0.25, -0.2) is 9.78 Å². The maximum Gasteiger partial charge on any atom is 0.390 e. The molecule has 0 atom stereocenters. The highest BCUT2D eigenvalue weighted by Crippen LogP contribution is 2.20. The largest absolute Gasteiger partial charge is 0.461 e. The number of nitrogens with zero attached hydrogens (tertiary/aromatic N) is 2. The SMILES string of the molecule is CCOC(=O)c1nc(-c2ccc(C(=O)NCCC(F)(F)F)cc2)ns1. The van der Waals surface area contributed by atoms with Crippen LogP contribution in [0.4, 0.5) is 13.2 Å². The Morgan fingerprint density at radius 2 is 1.92 bits per heavy atom. The van der Waals surface area contributed by atoms with Crippen molar-refractivity contribution in [2.45, 2.75) is 19.5 Å².